The Morgan fingerprint density at radius 1 is 0.727 bits per heavy atom. The Morgan fingerprint density at radius 2 is 1.23 bits per heavy atom. The number of hydrogen-bond acceptors (Lipinski definition) is 1. The van der Waals surface area contributed by atoms with Crippen LogP contribution in [-0.4, -0.2) is 0 Å². The molecule has 2 rings (SSSR count). The van der Waals surface area contributed by atoms with Gasteiger partial charge in [-0.3, -0.25) is 0 Å². The summed E-state index contributed by atoms with van der Waals surface area (Å²) in [6.07, 6.45) is -9.72. The largest absolute Gasteiger partial charge is 0.416 e. The fourth-order valence-electron chi connectivity index (χ4n) is 1.98. The van der Waals surface area contributed by atoms with Gasteiger partial charge < -0.3 is 5.73 Å². The minimum atomic E-state index is -4.86. The summed E-state index contributed by atoms with van der Waals surface area (Å²) < 4.78 is 76.8. The Morgan fingerprint density at radius 3 is 1.64 bits per heavy atom. The van der Waals surface area contributed by atoms with E-state index in [-0.39, 0.29) is 17.2 Å². The summed E-state index contributed by atoms with van der Waals surface area (Å²) in [7, 11) is 0. The molecule has 2 aromatic rings. The van der Waals surface area contributed by atoms with Crippen LogP contribution in [0.4, 0.5) is 32.0 Å². The number of hydrogen-bond donors (Lipinski definition) is 1. The zero-order valence-electron chi connectivity index (χ0n) is 11.3. The van der Waals surface area contributed by atoms with Gasteiger partial charge in [-0.1, -0.05) is 6.07 Å². The lowest BCUT2D eigenvalue weighted by Gasteiger charge is -2.15. The zero-order valence-corrected chi connectivity index (χ0v) is 11.3. The van der Waals surface area contributed by atoms with Crippen molar-refractivity contribution in [2.75, 3.05) is 5.73 Å². The van der Waals surface area contributed by atoms with E-state index in [2.05, 4.69) is 0 Å². The summed E-state index contributed by atoms with van der Waals surface area (Å²) in [6, 6.07) is 5.77. The van der Waals surface area contributed by atoms with Crippen LogP contribution in [0.1, 0.15) is 16.7 Å². The second-order valence-electron chi connectivity index (χ2n) is 4.87. The first-order chi connectivity index (χ1) is 9.98. The monoisotopic (exact) mass is 319 g/mol. The molecule has 0 amide bonds. The van der Waals surface area contributed by atoms with E-state index in [0.29, 0.717) is 23.4 Å². The van der Waals surface area contributed by atoms with Crippen LogP contribution in [0.3, 0.4) is 0 Å². The van der Waals surface area contributed by atoms with Gasteiger partial charge in [0, 0.05) is 5.69 Å². The van der Waals surface area contributed by atoms with Crippen molar-refractivity contribution in [3.8, 4) is 11.1 Å². The number of aryl methyl sites for hydroxylation is 1. The molecule has 118 valence electrons. The first kappa shape index (κ1) is 16.2. The first-order valence-corrected chi connectivity index (χ1v) is 6.14. The van der Waals surface area contributed by atoms with Crippen LogP contribution in [0.25, 0.3) is 11.1 Å². The number of benzene rings is 2. The van der Waals surface area contributed by atoms with E-state index in [1.54, 1.807) is 6.92 Å². The van der Waals surface area contributed by atoms with Crippen molar-refractivity contribution in [2.24, 2.45) is 0 Å². The van der Waals surface area contributed by atoms with Gasteiger partial charge in [-0.05, 0) is 53.9 Å². The van der Waals surface area contributed by atoms with Crippen LogP contribution >= 0.6 is 0 Å². The maximum absolute atomic E-state index is 12.8. The van der Waals surface area contributed by atoms with Crippen molar-refractivity contribution < 1.29 is 26.3 Å². The maximum atomic E-state index is 12.8. The molecule has 0 saturated carbocycles. The number of anilines is 1. The van der Waals surface area contributed by atoms with Crippen LogP contribution in [0.15, 0.2) is 36.4 Å². The minimum Gasteiger partial charge on any atom is -0.399 e. The summed E-state index contributed by atoms with van der Waals surface area (Å²) in [4.78, 5) is 0. The van der Waals surface area contributed by atoms with E-state index < -0.39 is 23.5 Å². The molecule has 0 aliphatic heterocycles. The second kappa shape index (κ2) is 5.23. The molecule has 2 aromatic carbocycles. The molecule has 0 fully saturated rings. The predicted molar refractivity (Wildman–Crippen MR) is 71.0 cm³/mol. The summed E-state index contributed by atoms with van der Waals surface area (Å²) in [5, 5.41) is 0. The average molecular weight is 319 g/mol. The molecule has 0 aromatic heterocycles. The van der Waals surface area contributed by atoms with E-state index in [1.165, 1.54) is 18.2 Å². The van der Waals surface area contributed by atoms with Gasteiger partial charge in [0.1, 0.15) is 0 Å². The van der Waals surface area contributed by atoms with Gasteiger partial charge in [0.25, 0.3) is 0 Å². The number of nitrogen functional groups attached to an aromatic ring is 1. The quantitative estimate of drug-likeness (QED) is 0.561. The van der Waals surface area contributed by atoms with Gasteiger partial charge in [0.2, 0.25) is 0 Å². The highest BCUT2D eigenvalue weighted by atomic mass is 19.4. The number of nitrogens with two attached hydrogens (primary N) is 1. The smallest absolute Gasteiger partial charge is 0.399 e. The Hall–Kier alpha value is -2.18. The van der Waals surface area contributed by atoms with E-state index in [0.717, 1.165) is 0 Å². The number of halogens is 6. The Labute approximate surface area is 122 Å². The lowest BCUT2D eigenvalue weighted by atomic mass is 9.97. The zero-order chi connectivity index (χ0) is 16.7. The van der Waals surface area contributed by atoms with E-state index in [4.69, 9.17) is 5.73 Å². The fourth-order valence-corrected chi connectivity index (χ4v) is 1.98. The van der Waals surface area contributed by atoms with Gasteiger partial charge in [-0.15, -0.1) is 0 Å². The Bertz CT molecular complexity index is 668. The highest BCUT2D eigenvalue weighted by Gasteiger charge is 2.36. The predicted octanol–water partition coefficient (Wildman–Crippen LogP) is 5.28. The molecule has 0 saturated heterocycles. The van der Waals surface area contributed by atoms with Crippen LogP contribution in [0.2, 0.25) is 0 Å². The van der Waals surface area contributed by atoms with Gasteiger partial charge in [-0.2, -0.15) is 26.3 Å². The fraction of sp³-hybridized carbons (Fsp3) is 0.200. The van der Waals surface area contributed by atoms with Crippen LogP contribution in [-0.2, 0) is 12.4 Å². The van der Waals surface area contributed by atoms with E-state index in [1.807, 2.05) is 0 Å². The van der Waals surface area contributed by atoms with E-state index >= 15 is 0 Å². The molecular formula is C15H11F6N. The van der Waals surface area contributed by atoms with Crippen LogP contribution < -0.4 is 5.73 Å². The highest BCUT2D eigenvalue weighted by Crippen LogP contribution is 2.38. The maximum Gasteiger partial charge on any atom is 0.416 e. The summed E-state index contributed by atoms with van der Waals surface area (Å²) in [5.74, 6) is 0. The van der Waals surface area contributed by atoms with Crippen LogP contribution in [0.5, 0.6) is 0 Å². The Balaban J connectivity index is 2.67. The minimum absolute atomic E-state index is 0.105. The summed E-state index contributed by atoms with van der Waals surface area (Å²) >= 11 is 0. The Kier molecular flexibility index (Phi) is 3.85. The van der Waals surface area contributed by atoms with Gasteiger partial charge in [-0.25, -0.2) is 0 Å². The molecular weight excluding hydrogens is 308 g/mol. The van der Waals surface area contributed by atoms with Crippen molar-refractivity contribution in [1.29, 1.82) is 0 Å². The SMILES string of the molecule is Cc1cc(-c2cc(C(F)(F)F)cc(C(F)(F)F)c2)ccc1N. The van der Waals surface area contributed by atoms with Crippen LogP contribution in [0, 0.1) is 6.92 Å². The van der Waals surface area contributed by atoms with Crippen molar-refractivity contribution in [1.82, 2.24) is 0 Å². The molecule has 0 bridgehead atoms. The number of rotatable bonds is 1. The molecule has 0 spiro atoms. The van der Waals surface area contributed by atoms with Crippen molar-refractivity contribution in [2.45, 2.75) is 19.3 Å². The van der Waals surface area contributed by atoms with Crippen molar-refractivity contribution in [3.05, 3.63) is 53.1 Å². The second-order valence-corrected chi connectivity index (χ2v) is 4.87. The molecule has 0 aliphatic rings. The lowest BCUT2D eigenvalue weighted by Crippen LogP contribution is -2.11. The molecule has 0 atom stereocenters. The molecule has 0 radical (unpaired) electrons. The molecule has 1 nitrogen and oxygen atoms in total. The van der Waals surface area contributed by atoms with Crippen molar-refractivity contribution in [3.63, 3.8) is 0 Å². The molecule has 0 heterocycles. The summed E-state index contributed by atoms with van der Waals surface area (Å²) in [5.41, 5.74) is 3.98. The first-order valence-electron chi connectivity index (χ1n) is 6.14. The molecule has 0 unspecified atom stereocenters. The van der Waals surface area contributed by atoms with Crippen molar-refractivity contribution >= 4 is 5.69 Å². The summed E-state index contributed by atoms with van der Waals surface area (Å²) in [6.45, 7) is 1.62. The standard InChI is InChI=1S/C15H11F6N/c1-8-4-9(2-3-13(8)22)10-5-11(14(16,17)18)7-12(6-10)15(19,20)21/h2-7H,22H2,1H3. The lowest BCUT2D eigenvalue weighted by molar-refractivity contribution is -0.143. The third-order valence-electron chi connectivity index (χ3n) is 3.19. The highest BCUT2D eigenvalue weighted by molar-refractivity contribution is 5.69. The average Bonchev–Trinajstić information content (AvgIpc) is 2.39. The van der Waals surface area contributed by atoms with E-state index in [9.17, 15) is 26.3 Å². The molecule has 2 N–H and O–H groups in total. The molecule has 0 aliphatic carbocycles. The third-order valence-corrected chi connectivity index (χ3v) is 3.19. The topological polar surface area (TPSA) is 26.0 Å². The van der Waals surface area contributed by atoms with Gasteiger partial charge in [0.15, 0.2) is 0 Å². The normalized spacial score (nSPS) is 12.5. The molecule has 22 heavy (non-hydrogen) atoms. The van der Waals surface area contributed by atoms with Gasteiger partial charge in [0.05, 0.1) is 11.1 Å². The third kappa shape index (κ3) is 3.35. The number of alkyl halides is 6. The van der Waals surface area contributed by atoms with Gasteiger partial charge >= 0.3 is 12.4 Å². The molecule has 7 heteroatoms.